The van der Waals surface area contributed by atoms with Crippen LogP contribution >= 0.6 is 22.9 Å². The highest BCUT2D eigenvalue weighted by Gasteiger charge is 2.21. The summed E-state index contributed by atoms with van der Waals surface area (Å²) in [7, 11) is -3.75. The molecule has 0 saturated carbocycles. The minimum atomic E-state index is -3.75. The molecule has 0 aliphatic rings. The van der Waals surface area contributed by atoms with Gasteiger partial charge in [0.2, 0.25) is 10.0 Å². The second kappa shape index (κ2) is 5.44. The average Bonchev–Trinajstić information content (AvgIpc) is 2.65. The van der Waals surface area contributed by atoms with Crippen LogP contribution in [0, 0.1) is 0 Å². The predicted molar refractivity (Wildman–Crippen MR) is 62.0 cm³/mol. The van der Waals surface area contributed by atoms with E-state index < -0.39 is 22.2 Å². The van der Waals surface area contributed by atoms with Crippen molar-refractivity contribution < 1.29 is 18.6 Å². The van der Waals surface area contributed by atoms with Crippen LogP contribution in [-0.4, -0.2) is 30.6 Å². The van der Waals surface area contributed by atoms with E-state index in [0.717, 1.165) is 11.3 Å². The van der Waals surface area contributed by atoms with Crippen molar-refractivity contribution in [1.29, 1.82) is 0 Å². The maximum absolute atomic E-state index is 11.0. The molecule has 2 atom stereocenters. The minimum Gasteiger partial charge on any atom is -0.390 e. The molecule has 0 aromatic carbocycles. The van der Waals surface area contributed by atoms with E-state index in [2.05, 4.69) is 0 Å². The minimum absolute atomic E-state index is 0.0420. The van der Waals surface area contributed by atoms with Gasteiger partial charge in [-0.25, -0.2) is 13.6 Å². The molecule has 1 aromatic rings. The molecule has 92 valence electrons. The normalized spacial score (nSPS) is 16.0. The second-order valence-electron chi connectivity index (χ2n) is 3.19. The average molecular weight is 286 g/mol. The van der Waals surface area contributed by atoms with Gasteiger partial charge >= 0.3 is 0 Å². The summed E-state index contributed by atoms with van der Waals surface area (Å²) in [5.74, 6) is 0.214. The van der Waals surface area contributed by atoms with Crippen molar-refractivity contribution in [1.82, 2.24) is 0 Å². The van der Waals surface area contributed by atoms with Gasteiger partial charge in [-0.2, -0.15) is 0 Å². The summed E-state index contributed by atoms with van der Waals surface area (Å²) in [6.07, 6.45) is -1.92. The van der Waals surface area contributed by atoms with E-state index in [-0.39, 0.29) is 16.5 Å². The number of thiophene rings is 1. The fourth-order valence-electron chi connectivity index (χ4n) is 1.11. The molecule has 0 bridgehead atoms. The first-order valence-electron chi connectivity index (χ1n) is 4.41. The van der Waals surface area contributed by atoms with E-state index in [1.807, 2.05) is 0 Å². The maximum Gasteiger partial charge on any atom is 0.247 e. The van der Waals surface area contributed by atoms with Crippen LogP contribution < -0.4 is 5.14 Å². The van der Waals surface area contributed by atoms with Gasteiger partial charge in [-0.3, -0.25) is 0 Å². The number of nitrogens with two attached hydrogens (primary N) is 1. The first-order chi connectivity index (χ1) is 7.36. The van der Waals surface area contributed by atoms with Crippen LogP contribution in [0.5, 0.6) is 0 Å². The van der Waals surface area contributed by atoms with Gasteiger partial charge in [-0.1, -0.05) is 0 Å². The van der Waals surface area contributed by atoms with Crippen LogP contribution in [0.2, 0.25) is 0 Å². The molecular weight excluding hydrogens is 274 g/mol. The van der Waals surface area contributed by atoms with E-state index in [1.165, 1.54) is 12.1 Å². The molecule has 0 aliphatic heterocycles. The third-order valence-corrected chi connectivity index (χ3v) is 4.76. The largest absolute Gasteiger partial charge is 0.390 e. The number of aliphatic hydroxyl groups is 2. The second-order valence-corrected chi connectivity index (χ2v) is 6.47. The quantitative estimate of drug-likeness (QED) is 0.683. The molecule has 5 nitrogen and oxygen atoms in total. The molecule has 8 heteroatoms. The molecule has 0 amide bonds. The molecule has 1 heterocycles. The highest BCUT2D eigenvalue weighted by atomic mass is 35.5. The first-order valence-corrected chi connectivity index (χ1v) is 7.30. The Labute approximate surface area is 103 Å². The van der Waals surface area contributed by atoms with Crippen LogP contribution in [-0.2, 0) is 10.0 Å². The van der Waals surface area contributed by atoms with Crippen LogP contribution in [0.1, 0.15) is 17.4 Å². The standard InChI is InChI=1S/C8H12ClNO4S2/c9-4-3-5(11)8(12)6-1-2-7(15-6)16(10,13)14/h1-2,5,8,11-12H,3-4H2,(H2,10,13,14). The Morgan fingerprint density at radius 2 is 2.06 bits per heavy atom. The Balaban J connectivity index is 2.86. The molecule has 1 aromatic heterocycles. The monoisotopic (exact) mass is 285 g/mol. The molecular formula is C8H12ClNO4S2. The SMILES string of the molecule is NS(=O)(=O)c1ccc(C(O)C(O)CCCl)s1. The van der Waals surface area contributed by atoms with Gasteiger partial charge in [-0.05, 0) is 18.6 Å². The van der Waals surface area contributed by atoms with Gasteiger partial charge in [-0.15, -0.1) is 22.9 Å². The lowest BCUT2D eigenvalue weighted by atomic mass is 10.1. The Kier molecular flexibility index (Phi) is 4.72. The Bertz CT molecular complexity index is 445. The molecule has 0 saturated heterocycles. The fourth-order valence-corrected chi connectivity index (χ4v) is 3.12. The third-order valence-electron chi connectivity index (χ3n) is 1.94. The topological polar surface area (TPSA) is 101 Å². The summed E-state index contributed by atoms with van der Waals surface area (Å²) in [5, 5.41) is 24.1. The van der Waals surface area contributed by atoms with Crippen LogP contribution in [0.15, 0.2) is 16.3 Å². The van der Waals surface area contributed by atoms with Gasteiger partial charge in [0.1, 0.15) is 10.3 Å². The van der Waals surface area contributed by atoms with E-state index in [9.17, 15) is 18.6 Å². The van der Waals surface area contributed by atoms with Crippen molar-refractivity contribution >= 4 is 33.0 Å². The zero-order valence-corrected chi connectivity index (χ0v) is 10.6. The van der Waals surface area contributed by atoms with Crippen molar-refractivity contribution in [2.24, 2.45) is 5.14 Å². The highest BCUT2D eigenvalue weighted by molar-refractivity contribution is 7.91. The number of alkyl halides is 1. The molecule has 16 heavy (non-hydrogen) atoms. The lowest BCUT2D eigenvalue weighted by Crippen LogP contribution is -2.17. The highest BCUT2D eigenvalue weighted by Crippen LogP contribution is 2.28. The molecule has 1 rings (SSSR count). The van der Waals surface area contributed by atoms with Crippen molar-refractivity contribution in [3.05, 3.63) is 17.0 Å². The van der Waals surface area contributed by atoms with Crippen LogP contribution in [0.3, 0.4) is 0 Å². The smallest absolute Gasteiger partial charge is 0.247 e. The summed E-state index contributed by atoms with van der Waals surface area (Å²) in [4.78, 5) is 0.349. The zero-order chi connectivity index (χ0) is 12.3. The first kappa shape index (κ1) is 13.9. The number of sulfonamides is 1. The maximum atomic E-state index is 11.0. The lowest BCUT2D eigenvalue weighted by molar-refractivity contribution is 0.0191. The summed E-state index contributed by atoms with van der Waals surface area (Å²) in [5.41, 5.74) is 0. The number of primary sulfonamides is 1. The van der Waals surface area contributed by atoms with Crippen LogP contribution in [0.4, 0.5) is 0 Å². The van der Waals surface area contributed by atoms with E-state index in [1.54, 1.807) is 0 Å². The van der Waals surface area contributed by atoms with Gasteiger partial charge in [0, 0.05) is 10.8 Å². The zero-order valence-electron chi connectivity index (χ0n) is 8.21. The van der Waals surface area contributed by atoms with Gasteiger partial charge in [0.25, 0.3) is 0 Å². The molecule has 4 N–H and O–H groups in total. The van der Waals surface area contributed by atoms with E-state index >= 15 is 0 Å². The molecule has 0 fully saturated rings. The van der Waals surface area contributed by atoms with E-state index in [4.69, 9.17) is 16.7 Å². The summed E-state index contributed by atoms with van der Waals surface area (Å²) < 4.78 is 21.9. The summed E-state index contributed by atoms with van der Waals surface area (Å²) in [6.45, 7) is 0. The van der Waals surface area contributed by atoms with Crippen molar-refractivity contribution in [3.8, 4) is 0 Å². The predicted octanol–water partition coefficient (Wildman–Crippen LogP) is 0.419. The van der Waals surface area contributed by atoms with Gasteiger partial charge in [0.05, 0.1) is 6.10 Å². The van der Waals surface area contributed by atoms with Gasteiger partial charge < -0.3 is 10.2 Å². The Morgan fingerprint density at radius 1 is 1.44 bits per heavy atom. The number of hydrogen-bond acceptors (Lipinski definition) is 5. The number of hydrogen-bond donors (Lipinski definition) is 3. The van der Waals surface area contributed by atoms with Crippen molar-refractivity contribution in [2.75, 3.05) is 5.88 Å². The summed E-state index contributed by atoms with van der Waals surface area (Å²) >= 11 is 6.26. The van der Waals surface area contributed by atoms with E-state index in [0.29, 0.717) is 4.88 Å². The van der Waals surface area contributed by atoms with Crippen LogP contribution in [0.25, 0.3) is 0 Å². The Morgan fingerprint density at radius 3 is 2.50 bits per heavy atom. The van der Waals surface area contributed by atoms with Crippen molar-refractivity contribution in [3.63, 3.8) is 0 Å². The fraction of sp³-hybridized carbons (Fsp3) is 0.500. The molecule has 0 aliphatic carbocycles. The third kappa shape index (κ3) is 3.41. The number of halogens is 1. The summed E-state index contributed by atoms with van der Waals surface area (Å²) in [6, 6.07) is 2.72. The Hall–Kier alpha value is -0.180. The number of rotatable bonds is 5. The molecule has 0 radical (unpaired) electrons. The van der Waals surface area contributed by atoms with Crippen molar-refractivity contribution in [2.45, 2.75) is 22.8 Å². The molecule has 0 spiro atoms. The molecule has 2 unspecified atom stereocenters. The van der Waals surface area contributed by atoms with Gasteiger partial charge in [0.15, 0.2) is 0 Å². The lowest BCUT2D eigenvalue weighted by Gasteiger charge is -2.14. The number of aliphatic hydroxyl groups excluding tert-OH is 2.